The van der Waals surface area contributed by atoms with Crippen LogP contribution in [0.5, 0.6) is 5.75 Å². The number of fused-ring (bicyclic) bond motifs is 1. The van der Waals surface area contributed by atoms with E-state index >= 15 is 0 Å². The van der Waals surface area contributed by atoms with Gasteiger partial charge in [-0.2, -0.15) is 13.2 Å². The van der Waals surface area contributed by atoms with Gasteiger partial charge in [-0.25, -0.2) is 0 Å². The number of halogens is 4. The van der Waals surface area contributed by atoms with Crippen molar-refractivity contribution in [3.63, 3.8) is 0 Å². The minimum absolute atomic E-state index is 0.0340. The standard InChI is InChI=1S/C19H15ClF3N3O3/c1-10(25-18(28)19(21,22)23)13-6-11-7-14(20)16(8-15(11)26-17(13)27)29-9-12-4-2-3-5-24-12/h2-8,10H,9H2,1H3,(H,25,28)(H,26,27)/t10-/m0/s1. The predicted octanol–water partition coefficient (Wildman–Crippen LogP) is 3.90. The van der Waals surface area contributed by atoms with Gasteiger partial charge in [0.15, 0.2) is 0 Å². The third-order valence-electron chi connectivity index (χ3n) is 4.10. The molecule has 1 atom stereocenters. The highest BCUT2D eigenvalue weighted by Gasteiger charge is 2.39. The summed E-state index contributed by atoms with van der Waals surface area (Å²) in [6, 6.07) is 8.62. The van der Waals surface area contributed by atoms with Gasteiger partial charge in [0, 0.05) is 23.2 Å². The molecule has 0 fully saturated rings. The zero-order valence-electron chi connectivity index (χ0n) is 15.0. The molecule has 0 saturated heterocycles. The maximum absolute atomic E-state index is 12.4. The van der Waals surface area contributed by atoms with Crippen LogP contribution in [-0.4, -0.2) is 22.1 Å². The molecule has 2 heterocycles. The van der Waals surface area contributed by atoms with Crippen LogP contribution in [0.15, 0.2) is 47.4 Å². The number of pyridine rings is 2. The smallest absolute Gasteiger partial charge is 0.471 e. The molecule has 0 spiro atoms. The summed E-state index contributed by atoms with van der Waals surface area (Å²) >= 11 is 6.23. The van der Waals surface area contributed by atoms with Crippen molar-refractivity contribution < 1.29 is 22.7 Å². The number of alkyl halides is 3. The van der Waals surface area contributed by atoms with Crippen LogP contribution in [0.1, 0.15) is 24.2 Å². The molecule has 10 heteroatoms. The molecule has 3 aromatic rings. The highest BCUT2D eigenvalue weighted by atomic mass is 35.5. The number of H-pyrrole nitrogens is 1. The maximum Gasteiger partial charge on any atom is 0.471 e. The van der Waals surface area contributed by atoms with Gasteiger partial charge < -0.3 is 15.0 Å². The molecule has 0 aliphatic rings. The lowest BCUT2D eigenvalue weighted by Crippen LogP contribution is -2.39. The minimum atomic E-state index is -5.04. The van der Waals surface area contributed by atoms with Gasteiger partial charge in [0.2, 0.25) is 0 Å². The largest absolute Gasteiger partial charge is 0.486 e. The van der Waals surface area contributed by atoms with E-state index in [0.717, 1.165) is 0 Å². The van der Waals surface area contributed by atoms with Crippen LogP contribution in [-0.2, 0) is 11.4 Å². The number of amides is 1. The van der Waals surface area contributed by atoms with Crippen LogP contribution in [0.4, 0.5) is 13.2 Å². The Hall–Kier alpha value is -3.07. The zero-order valence-corrected chi connectivity index (χ0v) is 15.8. The van der Waals surface area contributed by atoms with E-state index in [1.807, 2.05) is 6.07 Å². The van der Waals surface area contributed by atoms with Crippen LogP contribution in [0.25, 0.3) is 10.9 Å². The molecule has 6 nitrogen and oxygen atoms in total. The molecule has 0 unspecified atom stereocenters. The molecular weight excluding hydrogens is 411 g/mol. The quantitative estimate of drug-likeness (QED) is 0.649. The van der Waals surface area contributed by atoms with E-state index in [1.165, 1.54) is 25.1 Å². The maximum atomic E-state index is 12.4. The van der Waals surface area contributed by atoms with Crippen LogP contribution in [0, 0.1) is 0 Å². The van der Waals surface area contributed by atoms with E-state index < -0.39 is 23.7 Å². The van der Waals surface area contributed by atoms with Gasteiger partial charge in [-0.1, -0.05) is 17.7 Å². The number of aromatic amines is 1. The lowest BCUT2D eigenvalue weighted by molar-refractivity contribution is -0.174. The summed E-state index contributed by atoms with van der Waals surface area (Å²) in [6.07, 6.45) is -3.42. The van der Waals surface area contributed by atoms with Crippen molar-refractivity contribution >= 4 is 28.4 Å². The Balaban J connectivity index is 1.86. The van der Waals surface area contributed by atoms with Gasteiger partial charge in [-0.3, -0.25) is 14.6 Å². The van der Waals surface area contributed by atoms with Gasteiger partial charge in [0.05, 0.1) is 22.3 Å². The lowest BCUT2D eigenvalue weighted by atomic mass is 10.1. The van der Waals surface area contributed by atoms with Crippen molar-refractivity contribution in [1.82, 2.24) is 15.3 Å². The predicted molar refractivity (Wildman–Crippen MR) is 101 cm³/mol. The number of rotatable bonds is 5. The van der Waals surface area contributed by atoms with Crippen molar-refractivity contribution in [3.05, 3.63) is 69.2 Å². The first kappa shape index (κ1) is 20.7. The van der Waals surface area contributed by atoms with E-state index in [9.17, 15) is 22.8 Å². The number of benzene rings is 1. The number of ether oxygens (including phenoxy) is 1. The van der Waals surface area contributed by atoms with Gasteiger partial charge >= 0.3 is 12.1 Å². The molecule has 0 aliphatic carbocycles. The molecule has 0 aliphatic heterocycles. The minimum Gasteiger partial charge on any atom is -0.486 e. The number of carbonyl (C=O) groups excluding carboxylic acids is 1. The Morgan fingerprint density at radius 3 is 2.72 bits per heavy atom. The fraction of sp³-hybridized carbons (Fsp3) is 0.211. The third kappa shape index (κ3) is 4.86. The third-order valence-corrected chi connectivity index (χ3v) is 4.39. The van der Waals surface area contributed by atoms with Crippen LogP contribution >= 0.6 is 11.6 Å². The molecule has 0 bridgehead atoms. The van der Waals surface area contributed by atoms with E-state index in [4.69, 9.17) is 16.3 Å². The van der Waals surface area contributed by atoms with Crippen molar-refractivity contribution in [2.75, 3.05) is 0 Å². The zero-order chi connectivity index (χ0) is 21.2. The first-order valence-electron chi connectivity index (χ1n) is 8.42. The SMILES string of the molecule is C[C@H](NC(=O)C(F)(F)F)c1cc2cc(Cl)c(OCc3ccccn3)cc2[nH]c1=O. The monoisotopic (exact) mass is 425 g/mol. The fourth-order valence-electron chi connectivity index (χ4n) is 2.65. The van der Waals surface area contributed by atoms with E-state index in [0.29, 0.717) is 22.3 Å². The van der Waals surface area contributed by atoms with Crippen molar-refractivity contribution in [2.24, 2.45) is 0 Å². The normalized spacial score (nSPS) is 12.6. The molecule has 29 heavy (non-hydrogen) atoms. The molecule has 1 amide bonds. The fourth-order valence-corrected chi connectivity index (χ4v) is 2.87. The van der Waals surface area contributed by atoms with Crippen LogP contribution in [0.3, 0.4) is 0 Å². The Morgan fingerprint density at radius 1 is 1.31 bits per heavy atom. The van der Waals surface area contributed by atoms with Crippen molar-refractivity contribution in [3.8, 4) is 5.75 Å². The van der Waals surface area contributed by atoms with E-state index in [1.54, 1.807) is 23.6 Å². The molecule has 0 saturated carbocycles. The first-order valence-corrected chi connectivity index (χ1v) is 8.80. The molecule has 0 radical (unpaired) electrons. The molecule has 3 rings (SSSR count). The van der Waals surface area contributed by atoms with Crippen LogP contribution < -0.4 is 15.6 Å². The Bertz CT molecular complexity index is 1100. The van der Waals surface area contributed by atoms with Gasteiger partial charge in [-0.15, -0.1) is 0 Å². The molecule has 1 aromatic carbocycles. The second-order valence-corrected chi connectivity index (χ2v) is 6.63. The Kier molecular flexibility index (Phi) is 5.78. The molecule has 2 N–H and O–H groups in total. The number of nitrogens with one attached hydrogen (secondary N) is 2. The number of hydrogen-bond acceptors (Lipinski definition) is 4. The lowest BCUT2D eigenvalue weighted by Gasteiger charge is -2.16. The number of hydrogen-bond donors (Lipinski definition) is 2. The Labute approximate surface area is 167 Å². The summed E-state index contributed by atoms with van der Waals surface area (Å²) in [7, 11) is 0. The van der Waals surface area contributed by atoms with Crippen molar-refractivity contribution in [2.45, 2.75) is 25.7 Å². The topological polar surface area (TPSA) is 84.1 Å². The van der Waals surface area contributed by atoms with Crippen LogP contribution in [0.2, 0.25) is 5.02 Å². The number of nitrogens with zero attached hydrogens (tertiary/aromatic N) is 1. The van der Waals surface area contributed by atoms with Gasteiger partial charge in [0.1, 0.15) is 12.4 Å². The summed E-state index contributed by atoms with van der Waals surface area (Å²) in [5.41, 5.74) is 0.397. The van der Waals surface area contributed by atoms with E-state index in [-0.39, 0.29) is 17.2 Å². The van der Waals surface area contributed by atoms with Crippen molar-refractivity contribution in [1.29, 1.82) is 0 Å². The number of carbonyl (C=O) groups is 1. The average molecular weight is 426 g/mol. The first-order chi connectivity index (χ1) is 13.6. The molecular formula is C19H15ClF3N3O3. The average Bonchev–Trinajstić information content (AvgIpc) is 2.66. The second kappa shape index (κ2) is 8.12. The highest BCUT2D eigenvalue weighted by molar-refractivity contribution is 6.32. The van der Waals surface area contributed by atoms with E-state index in [2.05, 4.69) is 9.97 Å². The summed E-state index contributed by atoms with van der Waals surface area (Å²) in [5, 5.41) is 2.48. The summed E-state index contributed by atoms with van der Waals surface area (Å²) in [4.78, 5) is 30.1. The summed E-state index contributed by atoms with van der Waals surface area (Å²) < 4.78 is 43.0. The van der Waals surface area contributed by atoms with Gasteiger partial charge in [-0.05, 0) is 31.2 Å². The summed E-state index contributed by atoms with van der Waals surface area (Å²) in [5.74, 6) is -1.81. The molecule has 152 valence electrons. The van der Waals surface area contributed by atoms with Gasteiger partial charge in [0.25, 0.3) is 5.56 Å². The Morgan fingerprint density at radius 2 is 2.07 bits per heavy atom. The molecule has 2 aromatic heterocycles. The highest BCUT2D eigenvalue weighted by Crippen LogP contribution is 2.30. The summed E-state index contributed by atoms with van der Waals surface area (Å²) in [6.45, 7) is 1.45. The second-order valence-electron chi connectivity index (χ2n) is 6.23. The number of aromatic nitrogens is 2.